The van der Waals surface area contributed by atoms with Crippen LogP contribution >= 0.6 is 0 Å². The van der Waals surface area contributed by atoms with Crippen LogP contribution in [-0.2, 0) is 0 Å². The van der Waals surface area contributed by atoms with E-state index in [9.17, 15) is 18.4 Å². The molecule has 2 aromatic heterocycles. The third kappa shape index (κ3) is 2.74. The fourth-order valence-corrected chi connectivity index (χ4v) is 2.99. The van der Waals surface area contributed by atoms with Gasteiger partial charge >= 0.3 is 0 Å². The van der Waals surface area contributed by atoms with Gasteiger partial charge in [-0.05, 0) is 24.3 Å². The van der Waals surface area contributed by atoms with E-state index in [0.717, 1.165) is 23.6 Å². The van der Waals surface area contributed by atoms with E-state index in [2.05, 4.69) is 9.97 Å². The van der Waals surface area contributed by atoms with Crippen LogP contribution in [0.25, 0.3) is 21.8 Å². The number of para-hydroxylation sites is 1. The number of nitrogens with two attached hydrogens (primary N) is 2. The normalized spacial score (nSPS) is 11.1. The van der Waals surface area contributed by atoms with Crippen molar-refractivity contribution < 1.29 is 18.4 Å². The predicted octanol–water partition coefficient (Wildman–Crippen LogP) is 2.61. The molecule has 7 nitrogen and oxygen atoms in total. The van der Waals surface area contributed by atoms with Crippen molar-refractivity contribution in [2.24, 2.45) is 11.6 Å². The molecule has 0 saturated heterocycles. The Hall–Kier alpha value is -3.85. The number of halogens is 2. The summed E-state index contributed by atoms with van der Waals surface area (Å²) in [4.78, 5) is 31.8. The summed E-state index contributed by atoms with van der Waals surface area (Å²) in [5, 5.41) is 1.94. The minimum atomic E-state index is -1.16. The lowest BCUT2D eigenvalue weighted by Gasteiger charge is -2.17. The average Bonchev–Trinajstić information content (AvgIpc) is 3.07. The van der Waals surface area contributed by atoms with E-state index in [1.807, 2.05) is 6.07 Å². The Kier molecular flexibility index (Phi) is 4.01. The number of carbonyl (C=O) groups excluding carboxylic acids is 2. The van der Waals surface area contributed by atoms with Crippen LogP contribution in [0.15, 0.2) is 48.5 Å². The number of carbonyl (C=O) groups is 2. The minimum absolute atomic E-state index is 0.0839. The molecule has 2 aromatic carbocycles. The number of aromatic nitrogens is 2. The Bertz CT molecular complexity index is 1270. The predicted molar refractivity (Wildman–Crippen MR) is 99.5 cm³/mol. The van der Waals surface area contributed by atoms with Crippen molar-refractivity contribution in [3.63, 3.8) is 0 Å². The highest BCUT2D eigenvalue weighted by Gasteiger charge is 2.23. The Balaban J connectivity index is 1.92. The first-order chi connectivity index (χ1) is 13.4. The number of primary amides is 1. The summed E-state index contributed by atoms with van der Waals surface area (Å²) in [6.45, 7) is 0. The molecule has 0 aliphatic carbocycles. The number of amides is 2. The first-order valence-electron chi connectivity index (χ1n) is 8.12. The molecule has 0 aliphatic heterocycles. The summed E-state index contributed by atoms with van der Waals surface area (Å²) in [5.41, 5.74) is 6.03. The van der Waals surface area contributed by atoms with Crippen molar-refractivity contribution >= 4 is 39.3 Å². The molecule has 0 bridgehead atoms. The van der Waals surface area contributed by atoms with Gasteiger partial charge < -0.3 is 10.7 Å². The van der Waals surface area contributed by atoms with Gasteiger partial charge in [0.25, 0.3) is 11.8 Å². The first-order valence-corrected chi connectivity index (χ1v) is 8.12. The van der Waals surface area contributed by atoms with Crippen LogP contribution in [0.1, 0.15) is 21.0 Å². The number of H-pyrrole nitrogens is 1. The molecule has 0 aliphatic rings. The number of nitrogens with zero attached hydrogens (tertiary/aromatic N) is 2. The molecule has 0 atom stereocenters. The van der Waals surface area contributed by atoms with Crippen molar-refractivity contribution in [2.75, 3.05) is 5.01 Å². The molecule has 4 aromatic rings. The summed E-state index contributed by atoms with van der Waals surface area (Å²) >= 11 is 0. The van der Waals surface area contributed by atoms with Gasteiger partial charge in [-0.2, -0.15) is 0 Å². The summed E-state index contributed by atoms with van der Waals surface area (Å²) in [6, 6.07) is 11.5. The number of hydrogen-bond acceptors (Lipinski definition) is 4. The fraction of sp³-hybridized carbons (Fsp3) is 0. The van der Waals surface area contributed by atoms with Gasteiger partial charge in [0.15, 0.2) is 17.3 Å². The van der Waals surface area contributed by atoms with Crippen LogP contribution < -0.4 is 16.6 Å². The molecule has 0 radical (unpaired) electrons. The van der Waals surface area contributed by atoms with Gasteiger partial charge in [-0.3, -0.25) is 9.59 Å². The smallest absolute Gasteiger partial charge is 0.293 e. The van der Waals surface area contributed by atoms with Gasteiger partial charge in [0, 0.05) is 22.4 Å². The number of hydrogen-bond donors (Lipinski definition) is 3. The second-order valence-corrected chi connectivity index (χ2v) is 6.09. The van der Waals surface area contributed by atoms with E-state index in [1.54, 1.807) is 18.2 Å². The minimum Gasteiger partial charge on any atom is -0.364 e. The Morgan fingerprint density at radius 3 is 2.46 bits per heavy atom. The van der Waals surface area contributed by atoms with Crippen molar-refractivity contribution in [3.8, 4) is 0 Å². The molecule has 0 unspecified atom stereocenters. The lowest BCUT2D eigenvalue weighted by Crippen LogP contribution is -2.38. The molecular formula is C19H13F2N5O2. The highest BCUT2D eigenvalue weighted by molar-refractivity contribution is 6.18. The summed E-state index contributed by atoms with van der Waals surface area (Å²) in [6.07, 6.45) is 0. The monoisotopic (exact) mass is 381 g/mol. The van der Waals surface area contributed by atoms with Crippen LogP contribution in [0.5, 0.6) is 0 Å². The van der Waals surface area contributed by atoms with E-state index >= 15 is 0 Å². The van der Waals surface area contributed by atoms with Crippen molar-refractivity contribution in [1.29, 1.82) is 0 Å². The third-order valence-electron chi connectivity index (χ3n) is 4.35. The number of nitrogens with one attached hydrogen (secondary N) is 1. The molecule has 0 spiro atoms. The number of fused-ring (bicyclic) bond motifs is 3. The third-order valence-corrected chi connectivity index (χ3v) is 4.35. The van der Waals surface area contributed by atoms with Crippen LogP contribution in [-0.4, -0.2) is 21.8 Å². The SMILES string of the molecule is NC(=O)c1cc2c([nH]c3ccccc32)c(C(=O)N(N)c2ccc(F)c(F)c2)n1. The maximum atomic E-state index is 13.5. The highest BCUT2D eigenvalue weighted by atomic mass is 19.2. The van der Waals surface area contributed by atoms with Crippen LogP contribution in [0, 0.1) is 11.6 Å². The number of hydrazine groups is 1. The molecule has 0 fully saturated rings. The zero-order valence-electron chi connectivity index (χ0n) is 14.2. The van der Waals surface area contributed by atoms with Crippen molar-refractivity contribution in [1.82, 2.24) is 9.97 Å². The van der Waals surface area contributed by atoms with Crippen molar-refractivity contribution in [3.05, 3.63) is 71.6 Å². The van der Waals surface area contributed by atoms with Crippen LogP contribution in [0.2, 0.25) is 0 Å². The van der Waals surface area contributed by atoms with E-state index in [4.69, 9.17) is 11.6 Å². The number of pyridine rings is 1. The molecule has 5 N–H and O–H groups in total. The zero-order chi connectivity index (χ0) is 20.0. The summed E-state index contributed by atoms with van der Waals surface area (Å²) in [7, 11) is 0. The van der Waals surface area contributed by atoms with Crippen molar-refractivity contribution in [2.45, 2.75) is 0 Å². The first kappa shape index (κ1) is 17.6. The van der Waals surface area contributed by atoms with Gasteiger partial charge in [0.1, 0.15) is 5.69 Å². The number of anilines is 1. The Morgan fingerprint density at radius 2 is 1.75 bits per heavy atom. The molecule has 2 heterocycles. The summed E-state index contributed by atoms with van der Waals surface area (Å²) in [5.74, 6) is 1.95. The van der Waals surface area contributed by atoms with Gasteiger partial charge in [-0.1, -0.05) is 18.2 Å². The standard InChI is InChI=1S/C19H13F2N5O2/c20-12-6-5-9(7-13(12)21)26(23)19(28)17-16-11(8-15(25-17)18(22)27)10-3-1-2-4-14(10)24-16/h1-8,24H,23H2,(H2,22,27). The van der Waals surface area contributed by atoms with Gasteiger partial charge in [0.2, 0.25) is 0 Å². The lowest BCUT2D eigenvalue weighted by molar-refractivity contribution is 0.0982. The fourth-order valence-electron chi connectivity index (χ4n) is 2.99. The topological polar surface area (TPSA) is 118 Å². The quantitative estimate of drug-likeness (QED) is 0.287. The highest BCUT2D eigenvalue weighted by Crippen LogP contribution is 2.29. The number of rotatable bonds is 3. The number of benzene rings is 2. The molecule has 140 valence electrons. The molecule has 28 heavy (non-hydrogen) atoms. The second kappa shape index (κ2) is 6.39. The molecular weight excluding hydrogens is 368 g/mol. The Morgan fingerprint density at radius 1 is 1.00 bits per heavy atom. The van der Waals surface area contributed by atoms with Gasteiger partial charge in [-0.25, -0.2) is 24.6 Å². The number of aromatic amines is 1. The van der Waals surface area contributed by atoms with E-state index in [0.29, 0.717) is 21.4 Å². The average molecular weight is 381 g/mol. The zero-order valence-corrected chi connectivity index (χ0v) is 14.2. The maximum Gasteiger partial charge on any atom is 0.293 e. The maximum absolute atomic E-state index is 13.5. The summed E-state index contributed by atoms with van der Waals surface area (Å²) < 4.78 is 26.7. The van der Waals surface area contributed by atoms with Gasteiger partial charge in [0.05, 0.1) is 11.2 Å². The van der Waals surface area contributed by atoms with Crippen LogP contribution in [0.3, 0.4) is 0 Å². The molecule has 0 saturated carbocycles. The van der Waals surface area contributed by atoms with Crippen LogP contribution in [0.4, 0.5) is 14.5 Å². The van der Waals surface area contributed by atoms with E-state index in [-0.39, 0.29) is 17.1 Å². The largest absolute Gasteiger partial charge is 0.364 e. The Labute approximate surface area is 156 Å². The van der Waals surface area contributed by atoms with E-state index in [1.165, 1.54) is 6.07 Å². The molecule has 2 amide bonds. The lowest BCUT2D eigenvalue weighted by atomic mass is 10.1. The molecule has 9 heteroatoms. The molecule has 4 rings (SSSR count). The second-order valence-electron chi connectivity index (χ2n) is 6.09. The van der Waals surface area contributed by atoms with Gasteiger partial charge in [-0.15, -0.1) is 0 Å². The van der Waals surface area contributed by atoms with E-state index < -0.39 is 23.4 Å².